The Labute approximate surface area is 117 Å². The minimum atomic E-state index is -0.740. The molecule has 1 unspecified atom stereocenters. The van der Waals surface area contributed by atoms with Gasteiger partial charge in [-0.15, -0.1) is 0 Å². The maximum atomic E-state index is 10.7. The highest BCUT2D eigenvalue weighted by atomic mass is 79.9. The molecule has 1 rings (SSSR count). The molecule has 1 aromatic rings. The van der Waals surface area contributed by atoms with Crippen molar-refractivity contribution in [1.82, 2.24) is 4.90 Å². The number of hydrogen-bond donors (Lipinski definition) is 1. The number of halogens is 1. The normalized spacial score (nSPS) is 12.7. The van der Waals surface area contributed by atoms with E-state index in [1.807, 2.05) is 18.2 Å². The SMILES string of the molecule is CCCN(CCC(=O)O)C(C)c1ccccc1Br. The summed E-state index contributed by atoms with van der Waals surface area (Å²) >= 11 is 3.55. The lowest BCUT2D eigenvalue weighted by molar-refractivity contribution is -0.137. The Morgan fingerprint density at radius 2 is 2.06 bits per heavy atom. The molecule has 1 atom stereocenters. The summed E-state index contributed by atoms with van der Waals surface area (Å²) in [6.45, 7) is 5.74. The van der Waals surface area contributed by atoms with Crippen LogP contribution >= 0.6 is 15.9 Å². The standard InChI is InChI=1S/C14H20BrNO2/c1-3-9-16(10-8-14(17)18)11(2)12-6-4-5-7-13(12)15/h4-7,11H,3,8-10H2,1-2H3,(H,17,18). The first-order chi connectivity index (χ1) is 8.56. The molecule has 0 heterocycles. The van der Waals surface area contributed by atoms with Gasteiger partial charge in [-0.3, -0.25) is 9.69 Å². The summed E-state index contributed by atoms with van der Waals surface area (Å²) in [7, 11) is 0. The second-order valence-corrected chi connectivity index (χ2v) is 5.23. The highest BCUT2D eigenvalue weighted by molar-refractivity contribution is 9.10. The number of carboxylic acid groups (broad SMARTS) is 1. The van der Waals surface area contributed by atoms with Crippen LogP contribution in [0.4, 0.5) is 0 Å². The molecule has 0 aliphatic heterocycles. The van der Waals surface area contributed by atoms with Crippen molar-refractivity contribution in [3.8, 4) is 0 Å². The van der Waals surface area contributed by atoms with Crippen LogP contribution in [0, 0.1) is 0 Å². The highest BCUT2D eigenvalue weighted by Crippen LogP contribution is 2.27. The van der Waals surface area contributed by atoms with Crippen molar-refractivity contribution < 1.29 is 9.90 Å². The third-order valence-corrected chi connectivity index (χ3v) is 3.75. The first kappa shape index (κ1) is 15.2. The molecular formula is C14H20BrNO2. The molecule has 0 amide bonds. The Morgan fingerprint density at radius 1 is 1.39 bits per heavy atom. The Bertz CT molecular complexity index is 395. The van der Waals surface area contributed by atoms with E-state index in [1.165, 1.54) is 5.56 Å². The summed E-state index contributed by atoms with van der Waals surface area (Å²) in [6.07, 6.45) is 1.21. The van der Waals surface area contributed by atoms with E-state index >= 15 is 0 Å². The van der Waals surface area contributed by atoms with E-state index in [-0.39, 0.29) is 12.5 Å². The molecule has 0 aliphatic rings. The van der Waals surface area contributed by atoms with Gasteiger partial charge >= 0.3 is 5.97 Å². The van der Waals surface area contributed by atoms with Gasteiger partial charge in [0, 0.05) is 17.1 Å². The number of hydrogen-bond acceptors (Lipinski definition) is 2. The molecule has 0 bridgehead atoms. The molecule has 0 fully saturated rings. The van der Waals surface area contributed by atoms with Gasteiger partial charge in [0.2, 0.25) is 0 Å². The van der Waals surface area contributed by atoms with Crippen LogP contribution in [0.15, 0.2) is 28.7 Å². The van der Waals surface area contributed by atoms with Crippen LogP contribution in [0.3, 0.4) is 0 Å². The molecule has 3 nitrogen and oxygen atoms in total. The van der Waals surface area contributed by atoms with E-state index in [1.54, 1.807) is 0 Å². The molecular weight excluding hydrogens is 294 g/mol. The first-order valence-corrected chi connectivity index (χ1v) is 7.05. The predicted octanol–water partition coefficient (Wildman–Crippen LogP) is 3.70. The van der Waals surface area contributed by atoms with Gasteiger partial charge < -0.3 is 5.11 Å². The zero-order valence-corrected chi connectivity index (χ0v) is 12.5. The third-order valence-electron chi connectivity index (χ3n) is 3.03. The summed E-state index contributed by atoms with van der Waals surface area (Å²) in [5, 5.41) is 8.80. The molecule has 0 spiro atoms. The minimum Gasteiger partial charge on any atom is -0.481 e. The summed E-state index contributed by atoms with van der Waals surface area (Å²) in [5.41, 5.74) is 1.20. The Kier molecular flexibility index (Phi) is 6.36. The van der Waals surface area contributed by atoms with Crippen LogP contribution in [0.25, 0.3) is 0 Å². The van der Waals surface area contributed by atoms with Crippen molar-refractivity contribution in [2.24, 2.45) is 0 Å². The van der Waals surface area contributed by atoms with E-state index in [0.717, 1.165) is 17.4 Å². The van der Waals surface area contributed by atoms with Crippen LogP contribution < -0.4 is 0 Å². The molecule has 4 heteroatoms. The van der Waals surface area contributed by atoms with Crippen LogP contribution in [0.1, 0.15) is 38.3 Å². The maximum Gasteiger partial charge on any atom is 0.304 e. The van der Waals surface area contributed by atoms with Gasteiger partial charge in [0.05, 0.1) is 6.42 Å². The first-order valence-electron chi connectivity index (χ1n) is 6.26. The number of aliphatic carboxylic acids is 1. The lowest BCUT2D eigenvalue weighted by Crippen LogP contribution is -2.30. The van der Waals surface area contributed by atoms with Gasteiger partial charge in [-0.2, -0.15) is 0 Å². The fourth-order valence-corrected chi connectivity index (χ4v) is 2.65. The van der Waals surface area contributed by atoms with Gasteiger partial charge in [-0.05, 0) is 31.5 Å². The van der Waals surface area contributed by atoms with Gasteiger partial charge in [-0.25, -0.2) is 0 Å². The van der Waals surface area contributed by atoms with E-state index < -0.39 is 5.97 Å². The molecule has 1 N–H and O–H groups in total. The molecule has 0 aromatic heterocycles. The highest BCUT2D eigenvalue weighted by Gasteiger charge is 2.17. The average molecular weight is 314 g/mol. The summed E-state index contributed by atoms with van der Waals surface area (Å²) < 4.78 is 1.08. The molecule has 0 aliphatic carbocycles. The van der Waals surface area contributed by atoms with Crippen molar-refractivity contribution in [3.05, 3.63) is 34.3 Å². The second kappa shape index (κ2) is 7.54. The predicted molar refractivity (Wildman–Crippen MR) is 76.7 cm³/mol. The molecule has 100 valence electrons. The summed E-state index contributed by atoms with van der Waals surface area (Å²) in [5.74, 6) is -0.740. The van der Waals surface area contributed by atoms with E-state index in [9.17, 15) is 4.79 Å². The monoisotopic (exact) mass is 313 g/mol. The largest absolute Gasteiger partial charge is 0.481 e. The van der Waals surface area contributed by atoms with E-state index in [0.29, 0.717) is 6.54 Å². The number of rotatable bonds is 7. The smallest absolute Gasteiger partial charge is 0.304 e. The topological polar surface area (TPSA) is 40.5 Å². The molecule has 0 saturated heterocycles. The van der Waals surface area contributed by atoms with Gasteiger partial charge in [0.25, 0.3) is 0 Å². The number of carboxylic acids is 1. The number of nitrogens with zero attached hydrogens (tertiary/aromatic N) is 1. The third kappa shape index (κ3) is 4.42. The zero-order valence-electron chi connectivity index (χ0n) is 10.9. The Morgan fingerprint density at radius 3 is 2.61 bits per heavy atom. The van der Waals surface area contributed by atoms with Crippen molar-refractivity contribution in [2.45, 2.75) is 32.7 Å². The van der Waals surface area contributed by atoms with Gasteiger partial charge in [-0.1, -0.05) is 41.1 Å². The van der Waals surface area contributed by atoms with Crippen LogP contribution in [0.2, 0.25) is 0 Å². The zero-order chi connectivity index (χ0) is 13.5. The molecule has 0 radical (unpaired) electrons. The quantitative estimate of drug-likeness (QED) is 0.834. The average Bonchev–Trinajstić information content (AvgIpc) is 2.34. The number of carbonyl (C=O) groups is 1. The Balaban J connectivity index is 2.78. The second-order valence-electron chi connectivity index (χ2n) is 4.38. The lowest BCUT2D eigenvalue weighted by atomic mass is 10.1. The lowest BCUT2D eigenvalue weighted by Gasteiger charge is -2.29. The summed E-state index contributed by atoms with van der Waals surface area (Å²) in [4.78, 5) is 12.9. The summed E-state index contributed by atoms with van der Waals surface area (Å²) in [6, 6.07) is 8.32. The number of benzene rings is 1. The van der Waals surface area contributed by atoms with Crippen molar-refractivity contribution in [1.29, 1.82) is 0 Å². The maximum absolute atomic E-state index is 10.7. The fraction of sp³-hybridized carbons (Fsp3) is 0.500. The van der Waals surface area contributed by atoms with Crippen molar-refractivity contribution in [2.75, 3.05) is 13.1 Å². The van der Waals surface area contributed by atoms with Crippen LogP contribution in [-0.2, 0) is 4.79 Å². The van der Waals surface area contributed by atoms with Crippen molar-refractivity contribution in [3.63, 3.8) is 0 Å². The van der Waals surface area contributed by atoms with Crippen LogP contribution in [-0.4, -0.2) is 29.1 Å². The molecule has 0 saturated carbocycles. The van der Waals surface area contributed by atoms with E-state index in [4.69, 9.17) is 5.11 Å². The van der Waals surface area contributed by atoms with Crippen LogP contribution in [0.5, 0.6) is 0 Å². The molecule has 18 heavy (non-hydrogen) atoms. The molecule has 1 aromatic carbocycles. The van der Waals surface area contributed by atoms with Gasteiger partial charge in [0.15, 0.2) is 0 Å². The van der Waals surface area contributed by atoms with Crippen molar-refractivity contribution >= 4 is 21.9 Å². The fourth-order valence-electron chi connectivity index (χ4n) is 2.04. The minimum absolute atomic E-state index is 0.189. The Hall–Kier alpha value is -0.870. The van der Waals surface area contributed by atoms with E-state index in [2.05, 4.69) is 40.7 Å². The van der Waals surface area contributed by atoms with Gasteiger partial charge in [0.1, 0.15) is 0 Å².